The van der Waals surface area contributed by atoms with E-state index in [1.165, 1.54) is 6.92 Å². The van der Waals surface area contributed by atoms with Crippen LogP contribution in [0.25, 0.3) is 0 Å². The third-order valence-electron chi connectivity index (χ3n) is 6.53. The molecule has 2 atom stereocenters. The zero-order chi connectivity index (χ0) is 26.6. The van der Waals surface area contributed by atoms with Gasteiger partial charge in [-0.25, -0.2) is 0 Å². The van der Waals surface area contributed by atoms with E-state index in [1.54, 1.807) is 0 Å². The van der Waals surface area contributed by atoms with Crippen LogP contribution in [0.1, 0.15) is 95.9 Å². The SMILES string of the molecule is CCCCOc1cc(OCCCC)c2c(c1)O[C@H](c1ccc(CC)c(OCCCC)c1)[C@H](OC(C)=O)C2. The molecule has 0 unspecified atom stereocenters. The lowest BCUT2D eigenvalue weighted by molar-refractivity contribution is -0.152. The van der Waals surface area contributed by atoms with Gasteiger partial charge in [0.15, 0.2) is 6.10 Å². The summed E-state index contributed by atoms with van der Waals surface area (Å²) in [5.74, 6) is 2.71. The average Bonchev–Trinajstić information content (AvgIpc) is 2.88. The van der Waals surface area contributed by atoms with Crippen molar-refractivity contribution in [1.82, 2.24) is 0 Å². The summed E-state index contributed by atoms with van der Waals surface area (Å²) in [6.45, 7) is 11.9. The quantitative estimate of drug-likeness (QED) is 0.183. The smallest absolute Gasteiger partial charge is 0.303 e. The number of hydrogen-bond donors (Lipinski definition) is 0. The monoisotopic (exact) mass is 512 g/mol. The number of esters is 1. The first kappa shape index (κ1) is 28.7. The van der Waals surface area contributed by atoms with E-state index < -0.39 is 12.2 Å². The number of carbonyl (C=O) groups excluding carboxylic acids is 1. The fourth-order valence-electron chi connectivity index (χ4n) is 4.40. The van der Waals surface area contributed by atoms with E-state index >= 15 is 0 Å². The molecule has 0 spiro atoms. The Bertz CT molecular complexity index is 1000. The van der Waals surface area contributed by atoms with Crippen LogP contribution in [0.15, 0.2) is 30.3 Å². The van der Waals surface area contributed by atoms with Crippen molar-refractivity contribution >= 4 is 5.97 Å². The van der Waals surface area contributed by atoms with Gasteiger partial charge in [-0.05, 0) is 42.9 Å². The van der Waals surface area contributed by atoms with Crippen molar-refractivity contribution in [2.24, 2.45) is 0 Å². The molecule has 0 saturated carbocycles. The van der Waals surface area contributed by atoms with Crippen molar-refractivity contribution < 1.29 is 28.5 Å². The molecule has 0 N–H and O–H groups in total. The van der Waals surface area contributed by atoms with E-state index in [9.17, 15) is 4.79 Å². The van der Waals surface area contributed by atoms with Crippen LogP contribution in [0, 0.1) is 0 Å². The molecule has 37 heavy (non-hydrogen) atoms. The van der Waals surface area contributed by atoms with Crippen molar-refractivity contribution in [3.63, 3.8) is 0 Å². The number of ether oxygens (including phenoxy) is 5. The van der Waals surface area contributed by atoms with Gasteiger partial charge in [-0.1, -0.05) is 59.1 Å². The van der Waals surface area contributed by atoms with E-state index in [1.807, 2.05) is 18.2 Å². The zero-order valence-corrected chi connectivity index (χ0v) is 23.3. The summed E-state index contributed by atoms with van der Waals surface area (Å²) in [5, 5.41) is 0. The Morgan fingerprint density at radius 3 is 2.14 bits per heavy atom. The Kier molecular flexibility index (Phi) is 11.4. The molecule has 2 aromatic carbocycles. The van der Waals surface area contributed by atoms with Gasteiger partial charge in [0.25, 0.3) is 0 Å². The highest BCUT2D eigenvalue weighted by Crippen LogP contribution is 2.44. The molecule has 6 nitrogen and oxygen atoms in total. The molecule has 0 aromatic heterocycles. The van der Waals surface area contributed by atoms with Gasteiger partial charge in [0.1, 0.15) is 29.1 Å². The lowest BCUT2D eigenvalue weighted by Gasteiger charge is -2.34. The molecule has 0 radical (unpaired) electrons. The molecule has 0 saturated heterocycles. The maximum atomic E-state index is 12.1. The Morgan fingerprint density at radius 1 is 0.865 bits per heavy atom. The second-order valence-corrected chi connectivity index (χ2v) is 9.62. The minimum absolute atomic E-state index is 0.334. The van der Waals surface area contributed by atoms with Crippen molar-refractivity contribution in [3.05, 3.63) is 47.0 Å². The van der Waals surface area contributed by atoms with Crippen LogP contribution >= 0.6 is 0 Å². The van der Waals surface area contributed by atoms with Crippen LogP contribution in [0.3, 0.4) is 0 Å². The van der Waals surface area contributed by atoms with Crippen molar-refractivity contribution in [3.8, 4) is 23.0 Å². The molecular weight excluding hydrogens is 468 g/mol. The van der Waals surface area contributed by atoms with E-state index in [0.717, 1.165) is 78.9 Å². The van der Waals surface area contributed by atoms with E-state index in [-0.39, 0.29) is 5.97 Å². The Labute approximate surface area is 222 Å². The number of fused-ring (bicyclic) bond motifs is 1. The number of hydrogen-bond acceptors (Lipinski definition) is 6. The first-order chi connectivity index (χ1) is 18.0. The largest absolute Gasteiger partial charge is 0.493 e. The second kappa shape index (κ2) is 14.7. The molecule has 0 aliphatic carbocycles. The second-order valence-electron chi connectivity index (χ2n) is 9.62. The summed E-state index contributed by atoms with van der Waals surface area (Å²) in [7, 11) is 0. The molecule has 0 amide bonds. The van der Waals surface area contributed by atoms with Crippen LogP contribution in [0.2, 0.25) is 0 Å². The number of aryl methyl sites for hydroxylation is 1. The number of unbranched alkanes of at least 4 members (excludes halogenated alkanes) is 3. The maximum absolute atomic E-state index is 12.1. The van der Waals surface area contributed by atoms with Crippen molar-refractivity contribution in [2.75, 3.05) is 19.8 Å². The molecule has 1 heterocycles. The van der Waals surface area contributed by atoms with Gasteiger partial charge in [0.05, 0.1) is 19.8 Å². The van der Waals surface area contributed by atoms with Crippen LogP contribution < -0.4 is 18.9 Å². The van der Waals surface area contributed by atoms with Crippen LogP contribution in [-0.4, -0.2) is 31.9 Å². The Hall–Kier alpha value is -2.89. The van der Waals surface area contributed by atoms with E-state index in [0.29, 0.717) is 32.0 Å². The predicted octanol–water partition coefficient (Wildman–Crippen LogP) is 7.39. The maximum Gasteiger partial charge on any atom is 0.303 e. The molecule has 2 aromatic rings. The van der Waals surface area contributed by atoms with E-state index in [4.69, 9.17) is 23.7 Å². The fourth-order valence-corrected chi connectivity index (χ4v) is 4.40. The first-order valence-corrected chi connectivity index (χ1v) is 14.0. The Balaban J connectivity index is 1.98. The summed E-state index contributed by atoms with van der Waals surface area (Å²) in [6, 6.07) is 10.1. The molecule has 0 fully saturated rings. The predicted molar refractivity (Wildman–Crippen MR) is 146 cm³/mol. The fraction of sp³-hybridized carbons (Fsp3) is 0.581. The minimum Gasteiger partial charge on any atom is -0.493 e. The number of rotatable bonds is 15. The van der Waals surface area contributed by atoms with Crippen LogP contribution in [0.5, 0.6) is 23.0 Å². The third kappa shape index (κ3) is 8.05. The third-order valence-corrected chi connectivity index (χ3v) is 6.53. The molecule has 1 aliphatic heterocycles. The highest BCUT2D eigenvalue weighted by atomic mass is 16.6. The van der Waals surface area contributed by atoms with Crippen molar-refractivity contribution in [1.29, 1.82) is 0 Å². The standard InChI is InChI=1S/C31H44O6/c1-6-10-15-33-25-19-28(35-17-12-8-3)26-21-30(36-22(5)32)31(37-29(26)20-25)24-14-13-23(9-4)27(18-24)34-16-11-7-2/h13-14,18-20,30-31H,6-12,15-17,21H2,1-5H3/t30-,31-/m1/s1. The lowest BCUT2D eigenvalue weighted by atomic mass is 9.92. The molecule has 204 valence electrons. The summed E-state index contributed by atoms with van der Waals surface area (Å²) in [4.78, 5) is 12.1. The Morgan fingerprint density at radius 2 is 1.51 bits per heavy atom. The summed E-state index contributed by atoms with van der Waals surface area (Å²) < 4.78 is 30.7. The lowest BCUT2D eigenvalue weighted by Crippen LogP contribution is -2.34. The molecular formula is C31H44O6. The summed E-state index contributed by atoms with van der Waals surface area (Å²) in [5.41, 5.74) is 2.98. The number of benzene rings is 2. The van der Waals surface area contributed by atoms with Crippen molar-refractivity contribution in [2.45, 2.75) is 98.2 Å². The van der Waals surface area contributed by atoms with Gasteiger partial charge in [-0.3, -0.25) is 4.79 Å². The van der Waals surface area contributed by atoms with Gasteiger partial charge in [0, 0.05) is 31.0 Å². The van der Waals surface area contributed by atoms with Gasteiger partial charge in [-0.2, -0.15) is 0 Å². The minimum atomic E-state index is -0.485. The van der Waals surface area contributed by atoms with Crippen LogP contribution in [-0.2, 0) is 22.4 Å². The molecule has 6 heteroatoms. The number of carbonyl (C=O) groups is 1. The highest BCUT2D eigenvalue weighted by molar-refractivity contribution is 5.66. The topological polar surface area (TPSA) is 63.2 Å². The highest BCUT2D eigenvalue weighted by Gasteiger charge is 2.36. The van der Waals surface area contributed by atoms with Gasteiger partial charge in [-0.15, -0.1) is 0 Å². The molecule has 3 rings (SSSR count). The zero-order valence-electron chi connectivity index (χ0n) is 23.3. The first-order valence-electron chi connectivity index (χ1n) is 14.0. The van der Waals surface area contributed by atoms with Gasteiger partial charge < -0.3 is 23.7 Å². The van der Waals surface area contributed by atoms with Gasteiger partial charge in [0.2, 0.25) is 0 Å². The summed E-state index contributed by atoms with van der Waals surface area (Å²) in [6.07, 6.45) is 6.53. The molecule has 1 aliphatic rings. The normalized spacial score (nSPS) is 16.5. The van der Waals surface area contributed by atoms with E-state index in [2.05, 4.69) is 39.8 Å². The molecule has 0 bridgehead atoms. The van der Waals surface area contributed by atoms with Gasteiger partial charge >= 0.3 is 5.97 Å². The van der Waals surface area contributed by atoms with Crippen LogP contribution in [0.4, 0.5) is 0 Å². The summed E-state index contributed by atoms with van der Waals surface area (Å²) >= 11 is 0. The average molecular weight is 513 g/mol.